The van der Waals surface area contributed by atoms with E-state index in [0.29, 0.717) is 6.07 Å². The first-order valence-corrected chi connectivity index (χ1v) is 10.3. The molecule has 30 heavy (non-hydrogen) atoms. The van der Waals surface area contributed by atoms with Gasteiger partial charge in [0.15, 0.2) is 17.5 Å². The van der Waals surface area contributed by atoms with E-state index >= 15 is 0 Å². The fraction of sp³-hybridized carbons (Fsp3) is 0.278. The number of piperidine rings is 1. The topological polar surface area (TPSA) is 110 Å². The van der Waals surface area contributed by atoms with Gasteiger partial charge >= 0.3 is 0 Å². The van der Waals surface area contributed by atoms with Gasteiger partial charge in [-0.3, -0.25) is 14.9 Å². The summed E-state index contributed by atoms with van der Waals surface area (Å²) in [5, 5.41) is 10.7. The molecule has 0 aliphatic carbocycles. The molecule has 160 valence electrons. The molecule has 8 nitrogen and oxygen atoms in total. The zero-order valence-electron chi connectivity index (χ0n) is 15.3. The van der Waals surface area contributed by atoms with Gasteiger partial charge in [0.05, 0.1) is 15.4 Å². The van der Waals surface area contributed by atoms with Crippen LogP contribution in [0.5, 0.6) is 0 Å². The molecule has 1 aliphatic rings. The molecule has 1 saturated heterocycles. The van der Waals surface area contributed by atoms with Crippen molar-refractivity contribution in [3.8, 4) is 0 Å². The monoisotopic (exact) mass is 443 g/mol. The number of halogens is 3. The first kappa shape index (κ1) is 21.7. The van der Waals surface area contributed by atoms with Crippen molar-refractivity contribution in [1.29, 1.82) is 0 Å². The number of rotatable bonds is 5. The van der Waals surface area contributed by atoms with Crippen LogP contribution < -0.4 is 4.72 Å². The second kappa shape index (κ2) is 8.40. The number of nitrogens with one attached hydrogen (secondary N) is 1. The van der Waals surface area contributed by atoms with Crippen molar-refractivity contribution in [2.75, 3.05) is 13.1 Å². The van der Waals surface area contributed by atoms with E-state index < -0.39 is 49.9 Å². The molecular formula is C18H16F3N3O5S. The SMILES string of the molecule is O=C(c1ccc(F)c(F)c1F)N1CCC(NS(=O)(=O)c2ccc([N+](=O)[O-])cc2)CC1. The van der Waals surface area contributed by atoms with Crippen molar-refractivity contribution in [3.63, 3.8) is 0 Å². The van der Waals surface area contributed by atoms with E-state index in [1.54, 1.807) is 0 Å². The van der Waals surface area contributed by atoms with Crippen LogP contribution in [0.15, 0.2) is 41.3 Å². The Balaban J connectivity index is 1.63. The Morgan fingerprint density at radius 2 is 1.63 bits per heavy atom. The summed E-state index contributed by atoms with van der Waals surface area (Å²) in [6, 6.07) is 5.38. The van der Waals surface area contributed by atoms with Gasteiger partial charge in [0, 0.05) is 31.3 Å². The van der Waals surface area contributed by atoms with E-state index in [1.165, 1.54) is 4.90 Å². The Hall–Kier alpha value is -2.99. The van der Waals surface area contributed by atoms with E-state index in [0.717, 1.165) is 30.3 Å². The number of nitro benzene ring substituents is 1. The molecule has 0 atom stereocenters. The first-order valence-electron chi connectivity index (χ1n) is 8.79. The molecule has 1 heterocycles. The van der Waals surface area contributed by atoms with Crippen molar-refractivity contribution in [1.82, 2.24) is 9.62 Å². The summed E-state index contributed by atoms with van der Waals surface area (Å²) >= 11 is 0. The second-order valence-corrected chi connectivity index (χ2v) is 8.38. The molecule has 3 rings (SSSR count). The Morgan fingerprint density at radius 3 is 2.20 bits per heavy atom. The third-order valence-corrected chi connectivity index (χ3v) is 6.26. The van der Waals surface area contributed by atoms with Gasteiger partial charge in [-0.1, -0.05) is 0 Å². The van der Waals surface area contributed by atoms with Crippen LogP contribution in [0.3, 0.4) is 0 Å². The quantitative estimate of drug-likeness (QED) is 0.434. The van der Waals surface area contributed by atoms with Crippen molar-refractivity contribution < 1.29 is 31.3 Å². The maximum atomic E-state index is 13.8. The highest BCUT2D eigenvalue weighted by Crippen LogP contribution is 2.21. The minimum atomic E-state index is -3.94. The van der Waals surface area contributed by atoms with Crippen LogP contribution in [-0.4, -0.2) is 43.3 Å². The Kier molecular flexibility index (Phi) is 6.08. The standard InChI is InChI=1S/C18H16F3N3O5S/c19-15-6-5-14(16(20)17(15)21)18(25)23-9-7-11(8-10-23)22-30(28,29)13-3-1-12(2-4-13)24(26)27/h1-6,11,22H,7-10H2. The molecule has 1 amide bonds. The van der Waals surface area contributed by atoms with Crippen LogP contribution >= 0.6 is 0 Å². The van der Waals surface area contributed by atoms with E-state index in [2.05, 4.69) is 4.72 Å². The molecular weight excluding hydrogens is 427 g/mol. The van der Waals surface area contributed by atoms with Crippen LogP contribution in [0.4, 0.5) is 18.9 Å². The lowest BCUT2D eigenvalue weighted by molar-refractivity contribution is -0.384. The number of hydrogen-bond donors (Lipinski definition) is 1. The number of amides is 1. The molecule has 2 aromatic rings. The summed E-state index contributed by atoms with van der Waals surface area (Å²) in [6.07, 6.45) is 0.423. The van der Waals surface area contributed by atoms with Crippen molar-refractivity contribution in [2.24, 2.45) is 0 Å². The van der Waals surface area contributed by atoms with E-state index in [9.17, 15) is 36.5 Å². The number of carbonyl (C=O) groups excluding carboxylic acids is 1. The van der Waals surface area contributed by atoms with Crippen LogP contribution in [0.25, 0.3) is 0 Å². The Labute approximate surface area is 169 Å². The minimum Gasteiger partial charge on any atom is -0.338 e. The molecule has 0 saturated carbocycles. The van der Waals surface area contributed by atoms with Gasteiger partial charge in [-0.2, -0.15) is 0 Å². The number of carbonyl (C=O) groups is 1. The van der Waals surface area contributed by atoms with Crippen molar-refractivity contribution >= 4 is 21.6 Å². The van der Waals surface area contributed by atoms with Gasteiger partial charge in [-0.25, -0.2) is 26.3 Å². The lowest BCUT2D eigenvalue weighted by atomic mass is 10.0. The Morgan fingerprint density at radius 1 is 1.03 bits per heavy atom. The number of nitro groups is 1. The summed E-state index contributed by atoms with van der Waals surface area (Å²) < 4.78 is 67.6. The zero-order valence-corrected chi connectivity index (χ0v) is 16.2. The highest BCUT2D eigenvalue weighted by molar-refractivity contribution is 7.89. The molecule has 2 aromatic carbocycles. The fourth-order valence-corrected chi connectivity index (χ4v) is 4.40. The van der Waals surface area contributed by atoms with Crippen molar-refractivity contribution in [2.45, 2.75) is 23.8 Å². The smallest absolute Gasteiger partial charge is 0.269 e. The minimum absolute atomic E-state index is 0.0741. The molecule has 0 aromatic heterocycles. The molecule has 1 N–H and O–H groups in total. The summed E-state index contributed by atoms with van der Waals surface area (Å²) in [5.41, 5.74) is -0.843. The predicted octanol–water partition coefficient (Wildman–Crippen LogP) is 2.60. The molecule has 12 heteroatoms. The normalized spacial score (nSPS) is 15.2. The lowest BCUT2D eigenvalue weighted by Crippen LogP contribution is -2.46. The molecule has 0 unspecified atom stereocenters. The van der Waals surface area contributed by atoms with Gasteiger partial charge in [0.25, 0.3) is 11.6 Å². The number of sulfonamides is 1. The van der Waals surface area contributed by atoms with Crippen LogP contribution in [-0.2, 0) is 10.0 Å². The molecule has 0 bridgehead atoms. The number of likely N-dealkylation sites (tertiary alicyclic amines) is 1. The third-order valence-electron chi connectivity index (χ3n) is 4.73. The number of nitrogens with zero attached hydrogens (tertiary/aromatic N) is 2. The first-order chi connectivity index (χ1) is 14.1. The average molecular weight is 443 g/mol. The van der Waals surface area contributed by atoms with Gasteiger partial charge in [0.1, 0.15) is 0 Å². The molecule has 1 fully saturated rings. The average Bonchev–Trinajstić information content (AvgIpc) is 2.72. The van der Waals surface area contributed by atoms with Gasteiger partial charge < -0.3 is 4.90 Å². The number of hydrogen-bond acceptors (Lipinski definition) is 5. The fourth-order valence-electron chi connectivity index (χ4n) is 3.10. The van der Waals surface area contributed by atoms with Crippen LogP contribution in [0, 0.1) is 27.6 Å². The molecule has 1 aliphatic heterocycles. The van der Waals surface area contributed by atoms with Gasteiger partial charge in [0.2, 0.25) is 10.0 Å². The highest BCUT2D eigenvalue weighted by Gasteiger charge is 2.29. The molecule has 0 spiro atoms. The van der Waals surface area contributed by atoms with Gasteiger partial charge in [-0.15, -0.1) is 0 Å². The lowest BCUT2D eigenvalue weighted by Gasteiger charge is -2.32. The molecule has 0 radical (unpaired) electrons. The van der Waals surface area contributed by atoms with E-state index in [-0.39, 0.29) is 36.5 Å². The highest BCUT2D eigenvalue weighted by atomic mass is 32.2. The predicted molar refractivity (Wildman–Crippen MR) is 98.7 cm³/mol. The zero-order chi connectivity index (χ0) is 22.1. The largest absolute Gasteiger partial charge is 0.338 e. The number of benzene rings is 2. The maximum Gasteiger partial charge on any atom is 0.269 e. The third kappa shape index (κ3) is 4.44. The van der Waals surface area contributed by atoms with E-state index in [1.807, 2.05) is 0 Å². The summed E-state index contributed by atoms with van der Waals surface area (Å²) in [4.78, 5) is 23.5. The summed E-state index contributed by atoms with van der Waals surface area (Å²) in [7, 11) is -3.94. The van der Waals surface area contributed by atoms with Crippen LogP contribution in [0.2, 0.25) is 0 Å². The van der Waals surface area contributed by atoms with Crippen LogP contribution in [0.1, 0.15) is 23.2 Å². The van der Waals surface area contributed by atoms with E-state index in [4.69, 9.17) is 0 Å². The Bertz CT molecular complexity index is 1080. The maximum absolute atomic E-state index is 13.8. The van der Waals surface area contributed by atoms with Gasteiger partial charge in [-0.05, 0) is 37.1 Å². The second-order valence-electron chi connectivity index (χ2n) is 6.66. The van der Waals surface area contributed by atoms with Crippen molar-refractivity contribution in [3.05, 3.63) is 69.5 Å². The number of non-ortho nitro benzene ring substituents is 1. The summed E-state index contributed by atoms with van der Waals surface area (Å²) in [5.74, 6) is -5.51. The summed E-state index contributed by atoms with van der Waals surface area (Å²) in [6.45, 7) is 0.148.